The molecule has 6 rings (SSSR count). The van der Waals surface area contributed by atoms with Crippen LogP contribution in [0.3, 0.4) is 0 Å². The predicted octanol–water partition coefficient (Wildman–Crippen LogP) is 5.03. The molecule has 0 N–H and O–H groups in total. The molecule has 3 aliphatic rings. The zero-order chi connectivity index (χ0) is 20.5. The number of carbonyl (C=O) groups excluding carboxylic acids is 1. The second kappa shape index (κ2) is 8.04. The maximum atomic E-state index is 13.0. The van der Waals surface area contributed by atoms with Crippen molar-refractivity contribution in [2.75, 3.05) is 13.1 Å². The highest BCUT2D eigenvalue weighted by molar-refractivity contribution is 5.89. The molecule has 3 aliphatic heterocycles. The molecule has 3 aromatic rings. The molecule has 0 saturated carbocycles. The van der Waals surface area contributed by atoms with Gasteiger partial charge in [-0.1, -0.05) is 42.5 Å². The summed E-state index contributed by atoms with van der Waals surface area (Å²) in [5.41, 5.74) is 2.77. The van der Waals surface area contributed by atoms with E-state index in [4.69, 9.17) is 4.74 Å². The van der Waals surface area contributed by atoms with Gasteiger partial charge in [0.2, 0.25) is 0 Å². The van der Waals surface area contributed by atoms with Gasteiger partial charge in [-0.15, -0.1) is 6.58 Å². The molecule has 0 radical (unpaired) electrons. The van der Waals surface area contributed by atoms with Crippen LogP contribution in [0.25, 0.3) is 10.9 Å². The lowest BCUT2D eigenvalue weighted by Crippen LogP contribution is -2.40. The van der Waals surface area contributed by atoms with E-state index in [0.717, 1.165) is 36.8 Å². The first kappa shape index (κ1) is 19.0. The first-order valence-corrected chi connectivity index (χ1v) is 10.7. The number of hydrogen-bond donors (Lipinski definition) is 0. The van der Waals surface area contributed by atoms with Crippen LogP contribution < -0.4 is 0 Å². The van der Waals surface area contributed by atoms with Gasteiger partial charge in [0, 0.05) is 18.1 Å². The number of benzene rings is 2. The van der Waals surface area contributed by atoms with Gasteiger partial charge in [0.05, 0.1) is 17.1 Å². The molecule has 5 atom stereocenters. The summed E-state index contributed by atoms with van der Waals surface area (Å²) >= 11 is 0. The minimum absolute atomic E-state index is 0.0144. The normalized spacial score (nSPS) is 28.1. The van der Waals surface area contributed by atoms with Crippen molar-refractivity contribution in [1.29, 1.82) is 0 Å². The number of rotatable bonds is 4. The molecule has 2 bridgehead atoms. The number of para-hydroxylation sites is 1. The SMILES string of the molecule is C=C[C@H]1CN2CC[C@H]1C[C@H](OC(=O)c1ccccc1)[C@@H]2c1ccnc2ccccc12. The molecule has 4 heteroatoms. The average molecular weight is 399 g/mol. The van der Waals surface area contributed by atoms with Crippen LogP contribution in [0.5, 0.6) is 0 Å². The van der Waals surface area contributed by atoms with Gasteiger partial charge in [0.1, 0.15) is 6.10 Å². The van der Waals surface area contributed by atoms with Gasteiger partial charge in [-0.05, 0) is 61.1 Å². The summed E-state index contributed by atoms with van der Waals surface area (Å²) in [6.07, 6.45) is 5.71. The fourth-order valence-electron chi connectivity index (χ4n) is 5.20. The van der Waals surface area contributed by atoms with Crippen LogP contribution in [0, 0.1) is 11.8 Å². The molecule has 152 valence electrons. The van der Waals surface area contributed by atoms with Gasteiger partial charge in [-0.25, -0.2) is 4.79 Å². The van der Waals surface area contributed by atoms with E-state index in [1.54, 1.807) is 0 Å². The van der Waals surface area contributed by atoms with E-state index in [1.807, 2.05) is 48.7 Å². The smallest absolute Gasteiger partial charge is 0.338 e. The molecule has 0 spiro atoms. The van der Waals surface area contributed by atoms with Crippen molar-refractivity contribution < 1.29 is 9.53 Å². The van der Waals surface area contributed by atoms with Crippen LogP contribution in [0.4, 0.5) is 0 Å². The van der Waals surface area contributed by atoms with Crippen molar-refractivity contribution in [3.05, 3.63) is 90.6 Å². The number of fused-ring (bicyclic) bond motifs is 5. The summed E-state index contributed by atoms with van der Waals surface area (Å²) in [7, 11) is 0. The van der Waals surface area contributed by atoms with Crippen molar-refractivity contribution in [2.45, 2.75) is 25.0 Å². The number of nitrogens with zero attached hydrogens (tertiary/aromatic N) is 2. The molecule has 4 nitrogen and oxygen atoms in total. The summed E-state index contributed by atoms with van der Waals surface area (Å²) in [5.74, 6) is 0.668. The Labute approximate surface area is 177 Å². The van der Waals surface area contributed by atoms with E-state index in [2.05, 4.69) is 40.7 Å². The molecule has 0 amide bonds. The summed E-state index contributed by atoms with van der Waals surface area (Å²) in [6, 6.07) is 19.6. The average Bonchev–Trinajstić information content (AvgIpc) is 3.06. The zero-order valence-corrected chi connectivity index (χ0v) is 17.0. The van der Waals surface area contributed by atoms with Crippen LogP contribution in [-0.2, 0) is 4.74 Å². The van der Waals surface area contributed by atoms with E-state index in [9.17, 15) is 4.79 Å². The van der Waals surface area contributed by atoms with Crippen LogP contribution in [0.2, 0.25) is 0 Å². The molecule has 1 aromatic heterocycles. The second-order valence-electron chi connectivity index (χ2n) is 8.35. The Balaban J connectivity index is 1.57. The fraction of sp³-hybridized carbons (Fsp3) is 0.308. The van der Waals surface area contributed by atoms with E-state index in [0.29, 0.717) is 17.4 Å². The third-order valence-electron chi connectivity index (χ3n) is 6.69. The molecular formula is C26H26N2O2. The third kappa shape index (κ3) is 3.41. The first-order chi connectivity index (χ1) is 14.7. The molecule has 3 saturated heterocycles. The maximum absolute atomic E-state index is 13.0. The van der Waals surface area contributed by atoms with E-state index in [-0.39, 0.29) is 18.1 Å². The lowest BCUT2D eigenvalue weighted by molar-refractivity contribution is 0.00394. The topological polar surface area (TPSA) is 42.4 Å². The Bertz CT molecular complexity index is 1060. The van der Waals surface area contributed by atoms with Gasteiger partial charge >= 0.3 is 5.97 Å². The van der Waals surface area contributed by atoms with Gasteiger partial charge in [-0.3, -0.25) is 9.88 Å². The molecule has 30 heavy (non-hydrogen) atoms. The largest absolute Gasteiger partial charge is 0.457 e. The summed E-state index contributed by atoms with van der Waals surface area (Å²) in [6.45, 7) is 6.04. The van der Waals surface area contributed by atoms with Gasteiger partial charge in [0.15, 0.2) is 0 Å². The highest BCUT2D eigenvalue weighted by Crippen LogP contribution is 2.44. The monoisotopic (exact) mass is 398 g/mol. The van der Waals surface area contributed by atoms with Crippen molar-refractivity contribution >= 4 is 16.9 Å². The molecular weight excluding hydrogens is 372 g/mol. The summed E-state index contributed by atoms with van der Waals surface area (Å²) in [5, 5.41) is 1.13. The quantitative estimate of drug-likeness (QED) is 0.457. The van der Waals surface area contributed by atoms with Crippen molar-refractivity contribution in [2.24, 2.45) is 11.8 Å². The lowest BCUT2D eigenvalue weighted by atomic mass is 9.84. The minimum Gasteiger partial charge on any atom is -0.457 e. The Morgan fingerprint density at radius 1 is 1.10 bits per heavy atom. The van der Waals surface area contributed by atoms with Crippen molar-refractivity contribution in [3.63, 3.8) is 0 Å². The predicted molar refractivity (Wildman–Crippen MR) is 118 cm³/mol. The van der Waals surface area contributed by atoms with Crippen LogP contribution in [0.1, 0.15) is 34.8 Å². The van der Waals surface area contributed by atoms with Crippen LogP contribution >= 0.6 is 0 Å². The maximum Gasteiger partial charge on any atom is 0.338 e. The molecule has 1 unspecified atom stereocenters. The number of piperidine rings is 1. The van der Waals surface area contributed by atoms with E-state index in [1.165, 1.54) is 5.56 Å². The number of pyridine rings is 1. The van der Waals surface area contributed by atoms with Crippen LogP contribution in [0.15, 0.2) is 79.5 Å². The highest BCUT2D eigenvalue weighted by Gasteiger charge is 2.43. The highest BCUT2D eigenvalue weighted by atomic mass is 16.5. The molecule has 0 aliphatic carbocycles. The van der Waals surface area contributed by atoms with E-state index >= 15 is 0 Å². The minimum atomic E-state index is -0.249. The molecule has 4 heterocycles. The first-order valence-electron chi connectivity index (χ1n) is 10.7. The van der Waals surface area contributed by atoms with Gasteiger partial charge in [-0.2, -0.15) is 0 Å². The van der Waals surface area contributed by atoms with E-state index < -0.39 is 0 Å². The summed E-state index contributed by atoms with van der Waals surface area (Å²) in [4.78, 5) is 20.0. The third-order valence-corrected chi connectivity index (χ3v) is 6.69. The summed E-state index contributed by atoms with van der Waals surface area (Å²) < 4.78 is 6.21. The number of hydrogen-bond acceptors (Lipinski definition) is 4. The van der Waals surface area contributed by atoms with Gasteiger partial charge < -0.3 is 4.74 Å². The van der Waals surface area contributed by atoms with Crippen molar-refractivity contribution in [1.82, 2.24) is 9.88 Å². The standard InChI is InChI=1S/C26H26N2O2/c1-2-18-17-28-15-13-20(18)16-24(30-26(29)19-8-4-3-5-9-19)25(28)22-12-14-27-23-11-7-6-10-21(22)23/h2-12,14,18,20,24-25H,1,13,15-17H2/t18-,20-,24-,25-/m0/s1. The Morgan fingerprint density at radius 3 is 2.73 bits per heavy atom. The van der Waals surface area contributed by atoms with Gasteiger partial charge in [0.25, 0.3) is 0 Å². The Morgan fingerprint density at radius 2 is 1.90 bits per heavy atom. The molecule has 2 aromatic carbocycles. The fourth-order valence-corrected chi connectivity index (χ4v) is 5.20. The number of carbonyl (C=O) groups is 1. The van der Waals surface area contributed by atoms with Crippen LogP contribution in [-0.4, -0.2) is 35.0 Å². The zero-order valence-electron chi connectivity index (χ0n) is 17.0. The van der Waals surface area contributed by atoms with Crippen molar-refractivity contribution in [3.8, 4) is 0 Å². The lowest BCUT2D eigenvalue weighted by Gasteiger charge is -2.37. The molecule has 3 fully saturated rings. The number of esters is 1. The number of aromatic nitrogens is 1. The second-order valence-corrected chi connectivity index (χ2v) is 8.35. The Kier molecular flexibility index (Phi) is 5.09. The number of ether oxygens (including phenoxy) is 1. The Hall–Kier alpha value is -2.98.